The normalized spacial score (nSPS) is 10.8. The molecule has 0 saturated heterocycles. The lowest BCUT2D eigenvalue weighted by molar-refractivity contribution is 0.426. The van der Waals surface area contributed by atoms with Crippen LogP contribution in [0.5, 0.6) is 5.75 Å². The Hall–Kier alpha value is -1.04. The van der Waals surface area contributed by atoms with Gasteiger partial charge >= 0.3 is 7.12 Å². The number of fused-ring (bicyclic) bond motifs is 1. The van der Waals surface area contributed by atoms with E-state index in [0.717, 1.165) is 10.9 Å². The first-order chi connectivity index (χ1) is 6.61. The van der Waals surface area contributed by atoms with Crippen LogP contribution in [0.4, 0.5) is 0 Å². The average molecular weight is 208 g/mol. The van der Waals surface area contributed by atoms with Crippen molar-refractivity contribution in [2.24, 2.45) is 0 Å². The zero-order chi connectivity index (χ0) is 10.3. The second kappa shape index (κ2) is 3.27. The number of hydrogen-bond donors (Lipinski definition) is 3. The van der Waals surface area contributed by atoms with Crippen molar-refractivity contribution < 1.29 is 15.2 Å². The third-order valence-electron chi connectivity index (χ3n) is 2.21. The average Bonchev–Trinajstić information content (AvgIpc) is 2.46. The van der Waals surface area contributed by atoms with E-state index in [2.05, 4.69) is 0 Å². The van der Waals surface area contributed by atoms with E-state index in [1.54, 1.807) is 12.1 Å². The van der Waals surface area contributed by atoms with Gasteiger partial charge in [0.25, 0.3) is 0 Å². The Morgan fingerprint density at radius 3 is 2.57 bits per heavy atom. The fourth-order valence-corrected chi connectivity index (χ4v) is 2.59. The fourth-order valence-electron chi connectivity index (χ4n) is 1.49. The number of rotatable bonds is 1. The molecular weight excluding hydrogens is 199 g/mol. The van der Waals surface area contributed by atoms with Crippen molar-refractivity contribution in [3.63, 3.8) is 0 Å². The Balaban J connectivity index is 2.80. The van der Waals surface area contributed by atoms with Crippen LogP contribution >= 0.6 is 11.3 Å². The summed E-state index contributed by atoms with van der Waals surface area (Å²) in [4.78, 5) is 0. The smallest absolute Gasteiger partial charge is 0.499 e. The molecule has 0 aliphatic rings. The van der Waals surface area contributed by atoms with Gasteiger partial charge in [-0.25, -0.2) is 0 Å². The van der Waals surface area contributed by atoms with E-state index in [9.17, 15) is 5.11 Å². The predicted octanol–water partition coefficient (Wildman–Crippen LogP) is 0.595. The zero-order valence-corrected chi connectivity index (χ0v) is 8.38. The molecule has 1 heterocycles. The summed E-state index contributed by atoms with van der Waals surface area (Å²) in [5, 5.41) is 28.6. The van der Waals surface area contributed by atoms with Crippen molar-refractivity contribution in [1.29, 1.82) is 0 Å². The van der Waals surface area contributed by atoms with E-state index in [-0.39, 0.29) is 5.75 Å². The molecule has 14 heavy (non-hydrogen) atoms. The molecule has 0 spiro atoms. The van der Waals surface area contributed by atoms with E-state index in [1.807, 2.05) is 13.0 Å². The molecule has 0 fully saturated rings. The summed E-state index contributed by atoms with van der Waals surface area (Å²) in [7, 11) is -1.47. The van der Waals surface area contributed by atoms with Gasteiger partial charge in [-0.05, 0) is 23.9 Å². The largest absolute Gasteiger partial charge is 0.506 e. The molecule has 1 aromatic heterocycles. The Morgan fingerprint density at radius 2 is 2.00 bits per heavy atom. The molecule has 0 bridgehead atoms. The van der Waals surface area contributed by atoms with Crippen LogP contribution in [0.2, 0.25) is 0 Å². The number of thiophene rings is 1. The lowest BCUT2D eigenvalue weighted by atomic mass is 9.86. The topological polar surface area (TPSA) is 60.7 Å². The maximum absolute atomic E-state index is 9.54. The van der Waals surface area contributed by atoms with Crippen LogP contribution < -0.4 is 4.78 Å². The molecule has 2 aromatic rings. The van der Waals surface area contributed by atoms with Crippen molar-refractivity contribution in [1.82, 2.24) is 0 Å². The van der Waals surface area contributed by atoms with E-state index >= 15 is 0 Å². The molecule has 72 valence electrons. The van der Waals surface area contributed by atoms with Crippen molar-refractivity contribution in [3.05, 3.63) is 23.8 Å². The predicted molar refractivity (Wildman–Crippen MR) is 58.1 cm³/mol. The van der Waals surface area contributed by atoms with Gasteiger partial charge in [0.15, 0.2) is 0 Å². The third-order valence-corrected chi connectivity index (χ3v) is 3.58. The van der Waals surface area contributed by atoms with Gasteiger partial charge in [-0.15, -0.1) is 11.3 Å². The van der Waals surface area contributed by atoms with Crippen LogP contribution in [-0.2, 0) is 0 Å². The van der Waals surface area contributed by atoms with Crippen molar-refractivity contribution in [3.8, 4) is 5.75 Å². The summed E-state index contributed by atoms with van der Waals surface area (Å²) in [5.41, 5.74) is 0.816. The van der Waals surface area contributed by atoms with Crippen LogP contribution in [0.25, 0.3) is 10.1 Å². The summed E-state index contributed by atoms with van der Waals surface area (Å²) >= 11 is 1.21. The van der Waals surface area contributed by atoms with E-state index < -0.39 is 7.12 Å². The maximum Gasteiger partial charge on any atom is 0.499 e. The van der Waals surface area contributed by atoms with Crippen LogP contribution in [0, 0.1) is 6.92 Å². The summed E-state index contributed by atoms with van der Waals surface area (Å²) in [5.74, 6) is 0.183. The van der Waals surface area contributed by atoms with Crippen LogP contribution in [0.1, 0.15) is 5.56 Å². The number of benzene rings is 1. The minimum Gasteiger partial charge on any atom is -0.506 e. The van der Waals surface area contributed by atoms with Gasteiger partial charge < -0.3 is 15.2 Å². The highest BCUT2D eigenvalue weighted by molar-refractivity contribution is 7.28. The SMILES string of the molecule is Cc1c(B(O)O)sc2c(O)cccc12. The minimum absolute atomic E-state index is 0.183. The quantitative estimate of drug-likeness (QED) is 0.601. The van der Waals surface area contributed by atoms with Crippen molar-refractivity contribution >= 4 is 33.3 Å². The fraction of sp³-hybridized carbons (Fsp3) is 0.111. The Kier molecular flexibility index (Phi) is 2.22. The van der Waals surface area contributed by atoms with Gasteiger partial charge in [0, 0.05) is 4.78 Å². The van der Waals surface area contributed by atoms with Gasteiger partial charge in [-0.1, -0.05) is 12.1 Å². The van der Waals surface area contributed by atoms with Gasteiger partial charge in [0.2, 0.25) is 0 Å². The minimum atomic E-state index is -1.47. The van der Waals surface area contributed by atoms with Crippen molar-refractivity contribution in [2.75, 3.05) is 0 Å². The second-order valence-electron chi connectivity index (χ2n) is 3.12. The third kappa shape index (κ3) is 1.30. The van der Waals surface area contributed by atoms with Crippen LogP contribution in [0.3, 0.4) is 0 Å². The maximum atomic E-state index is 9.54. The van der Waals surface area contributed by atoms with Gasteiger partial charge in [-0.2, -0.15) is 0 Å². The number of aryl methyl sites for hydroxylation is 1. The molecule has 0 aliphatic heterocycles. The number of phenolic OH excluding ortho intramolecular Hbond substituents is 1. The first kappa shape index (κ1) is 9.52. The highest BCUT2D eigenvalue weighted by Gasteiger charge is 2.20. The van der Waals surface area contributed by atoms with E-state index in [1.165, 1.54) is 11.3 Å². The lowest BCUT2D eigenvalue weighted by Gasteiger charge is -1.95. The zero-order valence-electron chi connectivity index (χ0n) is 7.56. The van der Waals surface area contributed by atoms with Gasteiger partial charge in [0.1, 0.15) is 5.75 Å². The van der Waals surface area contributed by atoms with E-state index in [0.29, 0.717) is 9.48 Å². The molecule has 0 aliphatic carbocycles. The Morgan fingerprint density at radius 1 is 1.29 bits per heavy atom. The summed E-state index contributed by atoms with van der Waals surface area (Å²) < 4.78 is 1.19. The highest BCUT2D eigenvalue weighted by atomic mass is 32.1. The number of aromatic hydroxyl groups is 1. The molecule has 1 aromatic carbocycles. The Labute approximate surface area is 85.4 Å². The molecule has 0 saturated carbocycles. The number of phenols is 1. The van der Waals surface area contributed by atoms with Gasteiger partial charge in [-0.3, -0.25) is 0 Å². The molecule has 0 unspecified atom stereocenters. The van der Waals surface area contributed by atoms with Gasteiger partial charge in [0.05, 0.1) is 4.70 Å². The summed E-state index contributed by atoms with van der Waals surface area (Å²) in [6, 6.07) is 5.18. The Bertz CT molecular complexity index is 478. The molecule has 3 nitrogen and oxygen atoms in total. The molecule has 0 radical (unpaired) electrons. The molecule has 0 amide bonds. The number of hydrogen-bond acceptors (Lipinski definition) is 4. The molecule has 5 heteroatoms. The molecule has 0 atom stereocenters. The first-order valence-corrected chi connectivity index (χ1v) is 5.00. The highest BCUT2D eigenvalue weighted by Crippen LogP contribution is 2.31. The van der Waals surface area contributed by atoms with Crippen molar-refractivity contribution in [2.45, 2.75) is 6.92 Å². The molecule has 3 N–H and O–H groups in total. The van der Waals surface area contributed by atoms with Crippen LogP contribution in [-0.4, -0.2) is 22.3 Å². The second-order valence-corrected chi connectivity index (χ2v) is 4.17. The monoisotopic (exact) mass is 208 g/mol. The van der Waals surface area contributed by atoms with E-state index in [4.69, 9.17) is 10.0 Å². The molecular formula is C9H9BO3S. The van der Waals surface area contributed by atoms with Crippen LogP contribution in [0.15, 0.2) is 18.2 Å². The standard InChI is InChI=1S/C9H9BO3S/c1-5-6-3-2-4-7(11)8(6)14-9(5)10(12)13/h2-4,11-13H,1H3. The first-order valence-electron chi connectivity index (χ1n) is 4.18. The lowest BCUT2D eigenvalue weighted by Crippen LogP contribution is -2.28. The summed E-state index contributed by atoms with van der Waals surface area (Å²) in [6.45, 7) is 1.81. The molecule has 2 rings (SSSR count). The summed E-state index contributed by atoms with van der Waals surface area (Å²) in [6.07, 6.45) is 0.